The average Bonchev–Trinajstić information content (AvgIpc) is 2.60. The molecule has 1 aromatic carbocycles. The van der Waals surface area contributed by atoms with E-state index in [0.29, 0.717) is 6.07 Å². The molecule has 1 heterocycles. The standard InChI is InChI=1S/C17H20F2N2O5/c1-10(22)20-14(12-4-3-11(18)7-13(12)19)8-16(23)21-5-6-26-15(9-21)17(24)25-2/h3-4,7,14-15H,5-6,8-9H2,1-2H3,(H,20,22). The highest BCUT2D eigenvalue weighted by Gasteiger charge is 2.31. The molecule has 1 saturated heterocycles. The number of esters is 1. The van der Waals surface area contributed by atoms with E-state index in [0.717, 1.165) is 6.07 Å². The van der Waals surface area contributed by atoms with Gasteiger partial charge in [0.1, 0.15) is 11.6 Å². The van der Waals surface area contributed by atoms with E-state index in [1.165, 1.54) is 25.0 Å². The molecular formula is C17H20F2N2O5. The van der Waals surface area contributed by atoms with Crippen LogP contribution in [0.15, 0.2) is 18.2 Å². The Morgan fingerprint density at radius 1 is 1.38 bits per heavy atom. The topological polar surface area (TPSA) is 84.9 Å². The second-order valence-electron chi connectivity index (χ2n) is 5.85. The van der Waals surface area contributed by atoms with Crippen molar-refractivity contribution < 1.29 is 32.6 Å². The molecule has 2 amide bonds. The molecule has 142 valence electrons. The van der Waals surface area contributed by atoms with E-state index in [2.05, 4.69) is 10.1 Å². The lowest BCUT2D eigenvalue weighted by molar-refractivity contribution is -0.162. The minimum Gasteiger partial charge on any atom is -0.467 e. The average molecular weight is 370 g/mol. The van der Waals surface area contributed by atoms with Crippen molar-refractivity contribution in [1.29, 1.82) is 0 Å². The molecule has 0 saturated carbocycles. The number of nitrogens with one attached hydrogen (secondary N) is 1. The van der Waals surface area contributed by atoms with Crippen molar-refractivity contribution >= 4 is 17.8 Å². The first-order valence-corrected chi connectivity index (χ1v) is 8.01. The molecule has 9 heteroatoms. The molecular weight excluding hydrogens is 350 g/mol. The van der Waals surface area contributed by atoms with Crippen LogP contribution in [0, 0.1) is 11.6 Å². The van der Waals surface area contributed by atoms with Crippen molar-refractivity contribution in [2.75, 3.05) is 26.8 Å². The molecule has 1 N–H and O–H groups in total. The van der Waals surface area contributed by atoms with E-state index < -0.39 is 41.6 Å². The number of ether oxygens (including phenoxy) is 2. The Balaban J connectivity index is 2.13. The van der Waals surface area contributed by atoms with Gasteiger partial charge in [0.2, 0.25) is 11.8 Å². The van der Waals surface area contributed by atoms with E-state index in [1.807, 2.05) is 0 Å². The minimum atomic E-state index is -0.958. The van der Waals surface area contributed by atoms with Gasteiger partial charge in [-0.25, -0.2) is 13.6 Å². The van der Waals surface area contributed by atoms with Gasteiger partial charge in [0.05, 0.1) is 32.7 Å². The first-order chi connectivity index (χ1) is 12.3. The van der Waals surface area contributed by atoms with Crippen LogP contribution in [0.5, 0.6) is 0 Å². The maximum absolute atomic E-state index is 14.1. The highest BCUT2D eigenvalue weighted by atomic mass is 19.1. The first kappa shape index (κ1) is 19.8. The van der Waals surface area contributed by atoms with Crippen LogP contribution in [-0.2, 0) is 23.9 Å². The van der Waals surface area contributed by atoms with Crippen molar-refractivity contribution in [2.24, 2.45) is 0 Å². The second-order valence-corrected chi connectivity index (χ2v) is 5.85. The number of carbonyl (C=O) groups is 3. The number of halogens is 2. The first-order valence-electron chi connectivity index (χ1n) is 8.01. The summed E-state index contributed by atoms with van der Waals surface area (Å²) in [6, 6.07) is 1.98. The molecule has 26 heavy (non-hydrogen) atoms. The van der Waals surface area contributed by atoms with Gasteiger partial charge < -0.3 is 19.7 Å². The molecule has 0 radical (unpaired) electrons. The summed E-state index contributed by atoms with van der Waals surface area (Å²) < 4.78 is 37.0. The molecule has 0 bridgehead atoms. The summed E-state index contributed by atoms with van der Waals surface area (Å²) in [5, 5.41) is 2.50. The number of rotatable bonds is 5. The molecule has 1 aliphatic heterocycles. The predicted molar refractivity (Wildman–Crippen MR) is 85.9 cm³/mol. The van der Waals surface area contributed by atoms with Crippen LogP contribution < -0.4 is 5.32 Å². The van der Waals surface area contributed by atoms with E-state index in [4.69, 9.17) is 4.74 Å². The number of hydrogen-bond donors (Lipinski definition) is 1. The predicted octanol–water partition coefficient (Wildman–Crippen LogP) is 0.932. The van der Waals surface area contributed by atoms with Crippen LogP contribution in [0.4, 0.5) is 8.78 Å². The van der Waals surface area contributed by atoms with Gasteiger partial charge in [-0.2, -0.15) is 0 Å². The fraction of sp³-hybridized carbons (Fsp3) is 0.471. The lowest BCUT2D eigenvalue weighted by Gasteiger charge is -2.32. The van der Waals surface area contributed by atoms with E-state index in [-0.39, 0.29) is 31.7 Å². The molecule has 2 atom stereocenters. The maximum atomic E-state index is 14.1. The van der Waals surface area contributed by atoms with Crippen molar-refractivity contribution in [2.45, 2.75) is 25.5 Å². The van der Waals surface area contributed by atoms with E-state index in [9.17, 15) is 23.2 Å². The van der Waals surface area contributed by atoms with Crippen LogP contribution >= 0.6 is 0 Å². The third-order valence-electron chi connectivity index (χ3n) is 3.98. The number of amides is 2. The largest absolute Gasteiger partial charge is 0.467 e. The van der Waals surface area contributed by atoms with Crippen LogP contribution in [0.2, 0.25) is 0 Å². The maximum Gasteiger partial charge on any atom is 0.336 e. The van der Waals surface area contributed by atoms with Gasteiger partial charge in [0, 0.05) is 25.1 Å². The lowest BCUT2D eigenvalue weighted by atomic mass is 10.0. The third-order valence-corrected chi connectivity index (χ3v) is 3.98. The van der Waals surface area contributed by atoms with Gasteiger partial charge in [-0.15, -0.1) is 0 Å². The Morgan fingerprint density at radius 2 is 2.12 bits per heavy atom. The fourth-order valence-corrected chi connectivity index (χ4v) is 2.72. The summed E-state index contributed by atoms with van der Waals surface area (Å²) in [6.07, 6.45) is -1.13. The number of morpholine rings is 1. The highest BCUT2D eigenvalue weighted by molar-refractivity contribution is 5.81. The van der Waals surface area contributed by atoms with E-state index >= 15 is 0 Å². The summed E-state index contributed by atoms with van der Waals surface area (Å²) in [6.45, 7) is 1.65. The Bertz CT molecular complexity index is 698. The molecule has 1 aromatic rings. The van der Waals surface area contributed by atoms with Crippen LogP contribution in [0.1, 0.15) is 24.9 Å². The van der Waals surface area contributed by atoms with Gasteiger partial charge in [0.25, 0.3) is 0 Å². The van der Waals surface area contributed by atoms with Gasteiger partial charge in [-0.05, 0) is 6.07 Å². The van der Waals surface area contributed by atoms with Gasteiger partial charge >= 0.3 is 5.97 Å². The lowest BCUT2D eigenvalue weighted by Crippen LogP contribution is -2.49. The molecule has 2 rings (SSSR count). The van der Waals surface area contributed by atoms with Crippen molar-refractivity contribution in [3.63, 3.8) is 0 Å². The molecule has 0 aliphatic carbocycles. The SMILES string of the molecule is COC(=O)C1CN(C(=O)CC(NC(C)=O)c2ccc(F)cc2F)CCO1. The monoisotopic (exact) mass is 370 g/mol. The third kappa shape index (κ3) is 4.98. The number of carbonyl (C=O) groups excluding carboxylic acids is 3. The van der Waals surface area contributed by atoms with Crippen LogP contribution in [-0.4, -0.2) is 55.6 Å². The number of hydrogen-bond acceptors (Lipinski definition) is 5. The van der Waals surface area contributed by atoms with Crippen molar-refractivity contribution in [1.82, 2.24) is 10.2 Å². The van der Waals surface area contributed by atoms with Gasteiger partial charge in [-0.3, -0.25) is 9.59 Å². The molecule has 1 aliphatic rings. The van der Waals surface area contributed by atoms with E-state index in [1.54, 1.807) is 0 Å². The Hall–Kier alpha value is -2.55. The smallest absolute Gasteiger partial charge is 0.336 e. The molecule has 0 spiro atoms. The molecule has 0 aromatic heterocycles. The normalized spacial score (nSPS) is 18.2. The van der Waals surface area contributed by atoms with Gasteiger partial charge in [-0.1, -0.05) is 6.07 Å². The molecule has 7 nitrogen and oxygen atoms in total. The Morgan fingerprint density at radius 3 is 2.73 bits per heavy atom. The highest BCUT2D eigenvalue weighted by Crippen LogP contribution is 2.23. The summed E-state index contributed by atoms with van der Waals surface area (Å²) in [4.78, 5) is 37.0. The Kier molecular flexibility index (Phi) is 6.62. The zero-order valence-electron chi connectivity index (χ0n) is 14.5. The quantitative estimate of drug-likeness (QED) is 0.780. The zero-order chi connectivity index (χ0) is 19.3. The van der Waals surface area contributed by atoms with Crippen LogP contribution in [0.25, 0.3) is 0 Å². The summed E-state index contributed by atoms with van der Waals surface area (Å²) >= 11 is 0. The van der Waals surface area contributed by atoms with Gasteiger partial charge in [0.15, 0.2) is 6.10 Å². The zero-order valence-corrected chi connectivity index (χ0v) is 14.5. The number of nitrogens with zero attached hydrogens (tertiary/aromatic N) is 1. The van der Waals surface area contributed by atoms with Crippen LogP contribution in [0.3, 0.4) is 0 Å². The number of benzene rings is 1. The summed E-state index contributed by atoms with van der Waals surface area (Å²) in [7, 11) is 1.22. The number of methoxy groups -OCH3 is 1. The minimum absolute atomic E-state index is 0.00416. The second kappa shape index (κ2) is 8.70. The Labute approximate surface area is 149 Å². The van der Waals surface area contributed by atoms with Crippen molar-refractivity contribution in [3.05, 3.63) is 35.4 Å². The summed E-state index contributed by atoms with van der Waals surface area (Å²) in [5.41, 5.74) is 0.00715. The molecule has 1 fully saturated rings. The fourth-order valence-electron chi connectivity index (χ4n) is 2.72. The van der Waals surface area contributed by atoms with Crippen molar-refractivity contribution in [3.8, 4) is 0 Å². The summed E-state index contributed by atoms with van der Waals surface area (Å²) in [5.74, 6) is -3.06. The molecule has 2 unspecified atom stereocenters.